The van der Waals surface area contributed by atoms with E-state index in [2.05, 4.69) is 5.32 Å². The molecule has 94 valence electrons. The van der Waals surface area contributed by atoms with Gasteiger partial charge in [-0.25, -0.2) is 9.18 Å². The molecule has 0 saturated carbocycles. The first-order valence-corrected chi connectivity index (χ1v) is 5.55. The number of amides is 2. The van der Waals surface area contributed by atoms with Crippen LogP contribution in [0, 0.1) is 5.82 Å². The van der Waals surface area contributed by atoms with E-state index in [0.717, 1.165) is 5.56 Å². The highest BCUT2D eigenvalue weighted by molar-refractivity contribution is 5.74. The summed E-state index contributed by atoms with van der Waals surface area (Å²) in [6.45, 7) is 2.98. The van der Waals surface area contributed by atoms with Gasteiger partial charge in [0.1, 0.15) is 5.82 Å². The highest BCUT2D eigenvalue weighted by atomic mass is 19.1. The zero-order valence-electron chi connectivity index (χ0n) is 9.82. The van der Waals surface area contributed by atoms with Gasteiger partial charge < -0.3 is 15.3 Å². The minimum atomic E-state index is -0.296. The van der Waals surface area contributed by atoms with Gasteiger partial charge in [-0.15, -0.1) is 0 Å². The lowest BCUT2D eigenvalue weighted by Gasteiger charge is -2.20. The van der Waals surface area contributed by atoms with E-state index in [9.17, 15) is 9.18 Å². The summed E-state index contributed by atoms with van der Waals surface area (Å²) in [4.78, 5) is 13.1. The molecule has 0 aliphatic carbocycles. The maximum Gasteiger partial charge on any atom is 0.317 e. The van der Waals surface area contributed by atoms with E-state index in [-0.39, 0.29) is 18.5 Å². The predicted octanol–water partition coefficient (Wildman–Crippen LogP) is 1.35. The Kier molecular flexibility index (Phi) is 5.42. The third kappa shape index (κ3) is 4.40. The van der Waals surface area contributed by atoms with Gasteiger partial charge >= 0.3 is 6.03 Å². The molecule has 0 saturated heterocycles. The van der Waals surface area contributed by atoms with Crippen LogP contribution in [0.4, 0.5) is 9.18 Å². The largest absolute Gasteiger partial charge is 0.395 e. The van der Waals surface area contributed by atoms with Crippen LogP contribution in [0.1, 0.15) is 12.5 Å². The Bertz CT molecular complexity index is 354. The minimum absolute atomic E-state index is 0.0577. The first kappa shape index (κ1) is 13.4. The first-order valence-electron chi connectivity index (χ1n) is 5.55. The standard InChI is InChI=1S/C12H17FN2O2/c1-2-15(7-8-16)12(17)14-9-10-3-5-11(13)6-4-10/h3-6,16H,2,7-9H2,1H3,(H,14,17). The SMILES string of the molecule is CCN(CCO)C(=O)NCc1ccc(F)cc1. The van der Waals surface area contributed by atoms with Crippen LogP contribution in [0.5, 0.6) is 0 Å². The van der Waals surface area contributed by atoms with Gasteiger partial charge in [-0.3, -0.25) is 0 Å². The summed E-state index contributed by atoms with van der Waals surface area (Å²) in [6, 6.07) is 5.72. The average Bonchev–Trinajstić information content (AvgIpc) is 2.35. The fraction of sp³-hybridized carbons (Fsp3) is 0.417. The van der Waals surface area contributed by atoms with E-state index in [1.807, 2.05) is 6.92 Å². The quantitative estimate of drug-likeness (QED) is 0.816. The summed E-state index contributed by atoms with van der Waals surface area (Å²) in [5, 5.41) is 11.5. The molecule has 1 aromatic carbocycles. The summed E-state index contributed by atoms with van der Waals surface area (Å²) in [6.07, 6.45) is 0. The van der Waals surface area contributed by atoms with E-state index >= 15 is 0 Å². The number of aliphatic hydroxyl groups excluding tert-OH is 1. The van der Waals surface area contributed by atoms with Crippen molar-refractivity contribution < 1.29 is 14.3 Å². The second kappa shape index (κ2) is 6.85. The van der Waals surface area contributed by atoms with Crippen molar-refractivity contribution in [2.45, 2.75) is 13.5 Å². The van der Waals surface area contributed by atoms with Crippen LogP contribution in [0.25, 0.3) is 0 Å². The van der Waals surface area contributed by atoms with Crippen molar-refractivity contribution in [1.29, 1.82) is 0 Å². The Labute approximate surface area is 100 Å². The lowest BCUT2D eigenvalue weighted by Crippen LogP contribution is -2.41. The van der Waals surface area contributed by atoms with Crippen molar-refractivity contribution in [3.05, 3.63) is 35.6 Å². The third-order valence-corrected chi connectivity index (χ3v) is 2.40. The van der Waals surface area contributed by atoms with Gasteiger partial charge in [0.2, 0.25) is 0 Å². The molecule has 17 heavy (non-hydrogen) atoms. The lowest BCUT2D eigenvalue weighted by molar-refractivity contribution is 0.180. The highest BCUT2D eigenvalue weighted by Gasteiger charge is 2.09. The molecule has 4 nitrogen and oxygen atoms in total. The summed E-state index contributed by atoms with van der Waals surface area (Å²) in [5.74, 6) is -0.296. The predicted molar refractivity (Wildman–Crippen MR) is 63.0 cm³/mol. The van der Waals surface area contributed by atoms with Crippen molar-refractivity contribution in [2.75, 3.05) is 19.7 Å². The number of nitrogens with one attached hydrogen (secondary N) is 1. The maximum absolute atomic E-state index is 12.6. The Morgan fingerprint density at radius 2 is 2.06 bits per heavy atom. The van der Waals surface area contributed by atoms with Gasteiger partial charge in [-0.1, -0.05) is 12.1 Å². The first-order chi connectivity index (χ1) is 8.17. The Hall–Kier alpha value is -1.62. The lowest BCUT2D eigenvalue weighted by atomic mass is 10.2. The van der Waals surface area contributed by atoms with Gasteiger partial charge in [0.05, 0.1) is 6.61 Å². The molecule has 0 heterocycles. The van der Waals surface area contributed by atoms with Crippen LogP contribution < -0.4 is 5.32 Å². The fourth-order valence-corrected chi connectivity index (χ4v) is 1.42. The summed E-state index contributed by atoms with van der Waals surface area (Å²) < 4.78 is 12.6. The van der Waals surface area contributed by atoms with Gasteiger partial charge in [-0.05, 0) is 24.6 Å². The Balaban J connectivity index is 2.44. The molecule has 0 radical (unpaired) electrons. The maximum atomic E-state index is 12.6. The molecule has 1 aromatic rings. The Morgan fingerprint density at radius 1 is 1.41 bits per heavy atom. The molecule has 0 aromatic heterocycles. The van der Waals surface area contributed by atoms with Crippen LogP contribution in [0.3, 0.4) is 0 Å². The van der Waals surface area contributed by atoms with E-state index in [0.29, 0.717) is 19.6 Å². The molecule has 0 unspecified atom stereocenters. The molecule has 0 aliphatic rings. The molecule has 2 amide bonds. The number of carbonyl (C=O) groups is 1. The van der Waals surface area contributed by atoms with Gasteiger partial charge in [0.15, 0.2) is 0 Å². The van der Waals surface area contributed by atoms with Gasteiger partial charge in [-0.2, -0.15) is 0 Å². The number of benzene rings is 1. The fourth-order valence-electron chi connectivity index (χ4n) is 1.42. The molecule has 0 fully saturated rings. The zero-order chi connectivity index (χ0) is 12.7. The number of rotatable bonds is 5. The van der Waals surface area contributed by atoms with Crippen LogP contribution >= 0.6 is 0 Å². The summed E-state index contributed by atoms with van der Waals surface area (Å²) in [5.41, 5.74) is 0.833. The zero-order valence-corrected chi connectivity index (χ0v) is 9.82. The normalized spacial score (nSPS) is 10.1. The molecule has 0 spiro atoms. The number of halogens is 1. The average molecular weight is 240 g/mol. The number of aliphatic hydroxyl groups is 1. The number of carbonyl (C=O) groups excluding carboxylic acids is 1. The highest BCUT2D eigenvalue weighted by Crippen LogP contribution is 2.02. The van der Waals surface area contributed by atoms with Gasteiger partial charge in [0.25, 0.3) is 0 Å². The monoisotopic (exact) mass is 240 g/mol. The summed E-state index contributed by atoms with van der Waals surface area (Å²) in [7, 11) is 0. The molecule has 5 heteroatoms. The smallest absolute Gasteiger partial charge is 0.317 e. The van der Waals surface area contributed by atoms with E-state index in [4.69, 9.17) is 5.11 Å². The van der Waals surface area contributed by atoms with Crippen molar-refractivity contribution in [3.8, 4) is 0 Å². The Morgan fingerprint density at radius 3 is 2.59 bits per heavy atom. The van der Waals surface area contributed by atoms with E-state index in [1.165, 1.54) is 17.0 Å². The van der Waals surface area contributed by atoms with Crippen LogP contribution in [0.15, 0.2) is 24.3 Å². The van der Waals surface area contributed by atoms with E-state index < -0.39 is 0 Å². The number of hydrogen-bond acceptors (Lipinski definition) is 2. The van der Waals surface area contributed by atoms with Gasteiger partial charge in [0, 0.05) is 19.6 Å². The second-order valence-electron chi connectivity index (χ2n) is 3.59. The van der Waals surface area contributed by atoms with Crippen molar-refractivity contribution in [2.24, 2.45) is 0 Å². The summed E-state index contributed by atoms with van der Waals surface area (Å²) >= 11 is 0. The number of likely N-dealkylation sites (N-methyl/N-ethyl adjacent to an activating group) is 1. The van der Waals surface area contributed by atoms with Crippen molar-refractivity contribution >= 4 is 6.03 Å². The molecule has 0 aliphatic heterocycles. The van der Waals surface area contributed by atoms with Crippen LogP contribution in [0.2, 0.25) is 0 Å². The molecule has 1 rings (SSSR count). The molecular formula is C12H17FN2O2. The second-order valence-corrected chi connectivity index (χ2v) is 3.59. The van der Waals surface area contributed by atoms with Crippen LogP contribution in [-0.4, -0.2) is 35.7 Å². The molecule has 2 N–H and O–H groups in total. The number of hydrogen-bond donors (Lipinski definition) is 2. The van der Waals surface area contributed by atoms with Crippen LogP contribution in [-0.2, 0) is 6.54 Å². The van der Waals surface area contributed by atoms with Crippen molar-refractivity contribution in [1.82, 2.24) is 10.2 Å². The number of urea groups is 1. The third-order valence-electron chi connectivity index (χ3n) is 2.40. The molecule has 0 atom stereocenters. The van der Waals surface area contributed by atoms with Crippen molar-refractivity contribution in [3.63, 3.8) is 0 Å². The number of nitrogens with zero attached hydrogens (tertiary/aromatic N) is 1. The topological polar surface area (TPSA) is 52.6 Å². The molecular weight excluding hydrogens is 223 g/mol. The van der Waals surface area contributed by atoms with E-state index in [1.54, 1.807) is 12.1 Å². The molecule has 0 bridgehead atoms. The minimum Gasteiger partial charge on any atom is -0.395 e.